The number of sulfone groups is 1. The van der Waals surface area contributed by atoms with E-state index in [0.717, 1.165) is 10.7 Å². The lowest BCUT2D eigenvalue weighted by atomic mass is 10.2. The van der Waals surface area contributed by atoms with E-state index in [-0.39, 0.29) is 35.2 Å². The summed E-state index contributed by atoms with van der Waals surface area (Å²) < 4.78 is 30.6. The third-order valence-electron chi connectivity index (χ3n) is 6.26. The zero-order chi connectivity index (χ0) is 23.6. The van der Waals surface area contributed by atoms with Crippen LogP contribution < -0.4 is 0 Å². The topological polar surface area (TPSA) is 102 Å². The Kier molecular flexibility index (Phi) is 7.30. The summed E-state index contributed by atoms with van der Waals surface area (Å²) in [5.41, 5.74) is 2.09. The van der Waals surface area contributed by atoms with E-state index >= 15 is 0 Å². The van der Waals surface area contributed by atoms with E-state index < -0.39 is 9.84 Å². The zero-order valence-electron chi connectivity index (χ0n) is 19.0. The van der Waals surface area contributed by atoms with Gasteiger partial charge in [0.1, 0.15) is 0 Å². The van der Waals surface area contributed by atoms with E-state index in [9.17, 15) is 18.0 Å². The van der Waals surface area contributed by atoms with Crippen molar-refractivity contribution in [1.29, 1.82) is 0 Å². The van der Waals surface area contributed by atoms with Crippen LogP contribution in [0.2, 0.25) is 0 Å². The van der Waals surface area contributed by atoms with Crippen molar-refractivity contribution >= 4 is 44.5 Å². The van der Waals surface area contributed by atoms with Crippen LogP contribution >= 0.6 is 11.8 Å². The molecule has 1 aromatic heterocycles. The first-order valence-corrected chi connectivity index (χ1v) is 14.1. The van der Waals surface area contributed by atoms with Crippen molar-refractivity contribution in [2.45, 2.75) is 38.0 Å². The molecule has 0 unspecified atom stereocenters. The minimum Gasteiger partial charge on any atom is -0.462 e. The summed E-state index contributed by atoms with van der Waals surface area (Å²) in [5.74, 6) is 0.478. The molecule has 3 heterocycles. The highest BCUT2D eigenvalue weighted by Gasteiger charge is 2.34. The first-order chi connectivity index (χ1) is 15.8. The molecule has 33 heavy (non-hydrogen) atoms. The van der Waals surface area contributed by atoms with Gasteiger partial charge in [-0.05, 0) is 38.5 Å². The first kappa shape index (κ1) is 24.0. The maximum absolute atomic E-state index is 12.8. The highest BCUT2D eigenvalue weighted by molar-refractivity contribution is 7.99. The van der Waals surface area contributed by atoms with Gasteiger partial charge in [-0.25, -0.2) is 18.2 Å². The summed E-state index contributed by atoms with van der Waals surface area (Å²) >= 11 is 1.40. The first-order valence-electron chi connectivity index (χ1n) is 11.3. The van der Waals surface area contributed by atoms with Gasteiger partial charge in [0, 0.05) is 38.8 Å². The van der Waals surface area contributed by atoms with E-state index in [4.69, 9.17) is 4.74 Å². The molecule has 0 spiro atoms. The Hall–Kier alpha value is -2.11. The van der Waals surface area contributed by atoms with Crippen LogP contribution in [-0.4, -0.2) is 95.7 Å². The maximum atomic E-state index is 12.8. The number of aromatic nitrogens is 2. The number of rotatable bonds is 7. The van der Waals surface area contributed by atoms with Crippen molar-refractivity contribution in [2.24, 2.45) is 0 Å². The number of esters is 1. The number of benzene rings is 1. The third kappa shape index (κ3) is 5.36. The lowest BCUT2D eigenvalue weighted by molar-refractivity contribution is -0.130. The average molecular weight is 495 g/mol. The smallest absolute Gasteiger partial charge is 0.338 e. The Morgan fingerprint density at radius 3 is 2.58 bits per heavy atom. The van der Waals surface area contributed by atoms with Crippen LogP contribution in [0.5, 0.6) is 0 Å². The number of aryl methyl sites for hydroxylation is 1. The zero-order valence-corrected chi connectivity index (χ0v) is 20.7. The van der Waals surface area contributed by atoms with Crippen molar-refractivity contribution < 1.29 is 22.7 Å². The second kappa shape index (κ2) is 10.0. The minimum absolute atomic E-state index is 0.0561. The lowest BCUT2D eigenvalue weighted by Crippen LogP contribution is -2.52. The quantitative estimate of drug-likeness (QED) is 0.423. The lowest BCUT2D eigenvalue weighted by Gasteiger charge is -2.37. The number of hydrogen-bond acceptors (Lipinski definition) is 8. The highest BCUT2D eigenvalue weighted by atomic mass is 32.2. The molecule has 11 heteroatoms. The number of nitrogens with zero attached hydrogens (tertiary/aromatic N) is 4. The molecule has 2 aliphatic heterocycles. The summed E-state index contributed by atoms with van der Waals surface area (Å²) in [6, 6.07) is 5.42. The molecule has 1 atom stereocenters. The van der Waals surface area contributed by atoms with Gasteiger partial charge in [0.2, 0.25) is 5.91 Å². The molecule has 0 saturated carbocycles. The van der Waals surface area contributed by atoms with Gasteiger partial charge in [0.05, 0.1) is 40.5 Å². The fourth-order valence-electron chi connectivity index (χ4n) is 4.48. The van der Waals surface area contributed by atoms with Crippen molar-refractivity contribution in [2.75, 3.05) is 50.0 Å². The van der Waals surface area contributed by atoms with Gasteiger partial charge in [-0.1, -0.05) is 11.8 Å². The molecular weight excluding hydrogens is 464 g/mol. The van der Waals surface area contributed by atoms with Crippen LogP contribution in [0.4, 0.5) is 0 Å². The predicted octanol–water partition coefficient (Wildman–Crippen LogP) is 1.66. The summed E-state index contributed by atoms with van der Waals surface area (Å²) in [7, 11) is -2.90. The molecular formula is C22H30N4O5S2. The Balaban J connectivity index is 1.36. The SMILES string of the molecule is CCOC(=O)c1ccc2c(c1)nc(SCC(=O)N1CCN([C@H]3CCS(=O)(=O)C3)CC1)n2CC. The highest BCUT2D eigenvalue weighted by Crippen LogP contribution is 2.26. The Morgan fingerprint density at radius 1 is 1.18 bits per heavy atom. The van der Waals surface area contributed by atoms with Gasteiger partial charge < -0.3 is 14.2 Å². The number of carbonyl (C=O) groups excluding carboxylic acids is 2. The number of hydrogen-bond donors (Lipinski definition) is 0. The number of piperazine rings is 1. The Bertz CT molecular complexity index is 1140. The molecule has 9 nitrogen and oxygen atoms in total. The van der Waals surface area contributed by atoms with E-state index in [1.807, 2.05) is 22.5 Å². The van der Waals surface area contributed by atoms with Gasteiger partial charge in [-0.3, -0.25) is 9.69 Å². The molecule has 2 saturated heterocycles. The molecule has 1 aromatic carbocycles. The fraction of sp³-hybridized carbons (Fsp3) is 0.591. The number of ether oxygens (including phenoxy) is 1. The molecule has 0 N–H and O–H groups in total. The summed E-state index contributed by atoms with van der Waals surface area (Å²) in [6.07, 6.45) is 0.692. The van der Waals surface area contributed by atoms with Crippen molar-refractivity contribution in [1.82, 2.24) is 19.4 Å². The Morgan fingerprint density at radius 2 is 1.94 bits per heavy atom. The number of fused-ring (bicyclic) bond motifs is 1. The van der Waals surface area contributed by atoms with Crippen molar-refractivity contribution in [3.05, 3.63) is 23.8 Å². The molecule has 0 aliphatic carbocycles. The number of amides is 1. The second-order valence-electron chi connectivity index (χ2n) is 8.32. The summed E-state index contributed by atoms with van der Waals surface area (Å²) in [6.45, 7) is 7.46. The standard InChI is InChI=1S/C22H30N4O5S2/c1-3-26-19-6-5-16(21(28)31-4-2)13-18(19)23-22(26)32-14-20(27)25-10-8-24(9-11-25)17-7-12-33(29,30)15-17/h5-6,13,17H,3-4,7-12,14-15H2,1-2H3/t17-/m0/s1. The van der Waals surface area contributed by atoms with Crippen molar-refractivity contribution in [3.63, 3.8) is 0 Å². The largest absolute Gasteiger partial charge is 0.462 e. The van der Waals surface area contributed by atoms with Crippen LogP contribution in [0, 0.1) is 0 Å². The Labute approximate surface area is 198 Å². The van der Waals surface area contributed by atoms with Crippen LogP contribution in [0.3, 0.4) is 0 Å². The maximum Gasteiger partial charge on any atom is 0.338 e. The molecule has 0 radical (unpaired) electrons. The van der Waals surface area contributed by atoms with E-state index in [1.54, 1.807) is 19.1 Å². The molecule has 1 amide bonds. The minimum atomic E-state index is -2.90. The number of imidazole rings is 1. The average Bonchev–Trinajstić information content (AvgIpc) is 3.36. The van der Waals surface area contributed by atoms with Crippen LogP contribution in [0.15, 0.2) is 23.4 Å². The monoisotopic (exact) mass is 494 g/mol. The number of carbonyl (C=O) groups is 2. The predicted molar refractivity (Wildman–Crippen MR) is 127 cm³/mol. The summed E-state index contributed by atoms with van der Waals surface area (Å²) in [5, 5.41) is 0.747. The number of thioether (sulfide) groups is 1. The fourth-order valence-corrected chi connectivity index (χ4v) is 7.23. The second-order valence-corrected chi connectivity index (χ2v) is 11.5. The molecule has 2 fully saturated rings. The van der Waals surface area contributed by atoms with Crippen LogP contribution in [0.25, 0.3) is 11.0 Å². The van der Waals surface area contributed by atoms with Gasteiger partial charge >= 0.3 is 5.97 Å². The van der Waals surface area contributed by atoms with Gasteiger partial charge in [0.25, 0.3) is 0 Å². The third-order valence-corrected chi connectivity index (χ3v) is 8.97. The molecule has 2 aromatic rings. The van der Waals surface area contributed by atoms with Crippen LogP contribution in [0.1, 0.15) is 30.6 Å². The molecule has 180 valence electrons. The van der Waals surface area contributed by atoms with Gasteiger partial charge in [-0.2, -0.15) is 0 Å². The van der Waals surface area contributed by atoms with E-state index in [2.05, 4.69) is 9.88 Å². The van der Waals surface area contributed by atoms with Crippen LogP contribution in [-0.2, 0) is 25.9 Å². The molecule has 2 aliphatic rings. The normalized spacial score (nSPS) is 20.9. The summed E-state index contributed by atoms with van der Waals surface area (Å²) in [4.78, 5) is 33.6. The van der Waals surface area contributed by atoms with Gasteiger partial charge in [0.15, 0.2) is 15.0 Å². The molecule has 0 bridgehead atoms. The van der Waals surface area contributed by atoms with E-state index in [1.165, 1.54) is 11.8 Å². The van der Waals surface area contributed by atoms with Crippen molar-refractivity contribution in [3.8, 4) is 0 Å². The van der Waals surface area contributed by atoms with E-state index in [0.29, 0.717) is 56.8 Å². The molecule has 4 rings (SSSR count). The van der Waals surface area contributed by atoms with Gasteiger partial charge in [-0.15, -0.1) is 0 Å².